The number of carbonyl (C=O) groups excluding carboxylic acids is 2. The normalized spacial score (nSPS) is 10.3. The first-order chi connectivity index (χ1) is 9.99. The van der Waals surface area contributed by atoms with Gasteiger partial charge in [0.1, 0.15) is 10.4 Å². The maximum atomic E-state index is 11.9. The molecule has 0 aliphatic heterocycles. The molecular weight excluding hydrogens is 337 g/mol. The highest BCUT2D eigenvalue weighted by atomic mass is 35.5. The summed E-state index contributed by atoms with van der Waals surface area (Å²) in [6.07, 6.45) is 0. The summed E-state index contributed by atoms with van der Waals surface area (Å²) in [7, 11) is 2.45. The molecule has 1 aromatic heterocycles. The van der Waals surface area contributed by atoms with Crippen molar-refractivity contribution in [3.8, 4) is 11.3 Å². The van der Waals surface area contributed by atoms with E-state index in [9.17, 15) is 9.59 Å². The van der Waals surface area contributed by atoms with Crippen molar-refractivity contribution in [2.75, 3.05) is 14.2 Å². The Morgan fingerprint density at radius 1 is 1.10 bits per heavy atom. The van der Waals surface area contributed by atoms with Gasteiger partial charge in [-0.15, -0.1) is 0 Å². The molecule has 21 heavy (non-hydrogen) atoms. The van der Waals surface area contributed by atoms with Crippen LogP contribution in [0.2, 0.25) is 10.0 Å². The molecule has 0 saturated heterocycles. The van der Waals surface area contributed by atoms with Crippen molar-refractivity contribution in [1.29, 1.82) is 0 Å². The lowest BCUT2D eigenvalue weighted by atomic mass is 10.1. The van der Waals surface area contributed by atoms with Gasteiger partial charge in [-0.1, -0.05) is 29.3 Å². The Bertz CT molecular complexity index is 714. The number of methoxy groups -OCH3 is 2. The van der Waals surface area contributed by atoms with Crippen LogP contribution in [-0.4, -0.2) is 30.5 Å². The van der Waals surface area contributed by atoms with Crippen molar-refractivity contribution in [2.24, 2.45) is 0 Å². The molecule has 0 amide bonds. The smallest absolute Gasteiger partial charge is 0.350 e. The molecule has 8 heteroatoms. The van der Waals surface area contributed by atoms with Gasteiger partial charge >= 0.3 is 11.9 Å². The molecule has 1 aromatic carbocycles. The predicted octanol–water partition coefficient (Wildman–Crippen LogP) is 3.69. The van der Waals surface area contributed by atoms with E-state index in [0.29, 0.717) is 21.3 Å². The van der Waals surface area contributed by atoms with E-state index in [2.05, 4.69) is 9.11 Å². The standard InChI is InChI=1S/C13H9Cl2NO4S/c1-19-12(17)9-10(16-21-11(9)13(18)20-2)6-3-4-7(14)8(15)5-6/h3-5H,1-2H3. The van der Waals surface area contributed by atoms with Crippen LogP contribution >= 0.6 is 34.7 Å². The summed E-state index contributed by atoms with van der Waals surface area (Å²) in [5, 5.41) is 0.695. The van der Waals surface area contributed by atoms with Crippen molar-refractivity contribution in [1.82, 2.24) is 4.37 Å². The third kappa shape index (κ3) is 3.02. The number of nitrogens with zero attached hydrogens (tertiary/aromatic N) is 1. The van der Waals surface area contributed by atoms with Crippen molar-refractivity contribution < 1.29 is 19.1 Å². The topological polar surface area (TPSA) is 65.5 Å². The number of hydrogen-bond donors (Lipinski definition) is 0. The monoisotopic (exact) mass is 345 g/mol. The quantitative estimate of drug-likeness (QED) is 0.793. The predicted molar refractivity (Wildman–Crippen MR) is 80.2 cm³/mol. The molecule has 0 radical (unpaired) electrons. The average Bonchev–Trinajstić information content (AvgIpc) is 2.93. The fourth-order valence-corrected chi connectivity index (χ4v) is 2.76. The Morgan fingerprint density at radius 3 is 2.33 bits per heavy atom. The number of ether oxygens (including phenoxy) is 2. The van der Waals surface area contributed by atoms with Crippen LogP contribution in [0.15, 0.2) is 18.2 Å². The van der Waals surface area contributed by atoms with Crippen LogP contribution in [0, 0.1) is 0 Å². The molecular formula is C13H9Cl2NO4S. The third-order valence-corrected chi connectivity index (χ3v) is 4.21. The minimum Gasteiger partial charge on any atom is -0.465 e. The second kappa shape index (κ2) is 6.43. The van der Waals surface area contributed by atoms with Gasteiger partial charge in [0.2, 0.25) is 0 Å². The molecule has 0 spiro atoms. The first-order valence-corrected chi connectivity index (χ1v) is 7.14. The SMILES string of the molecule is COC(=O)c1snc(-c2ccc(Cl)c(Cl)c2)c1C(=O)OC. The van der Waals surface area contributed by atoms with Crippen LogP contribution in [0.1, 0.15) is 20.0 Å². The van der Waals surface area contributed by atoms with E-state index in [1.165, 1.54) is 14.2 Å². The van der Waals surface area contributed by atoms with Gasteiger partial charge in [-0.05, 0) is 23.7 Å². The minimum absolute atomic E-state index is 0.0488. The van der Waals surface area contributed by atoms with Crippen LogP contribution in [0.4, 0.5) is 0 Å². The lowest BCUT2D eigenvalue weighted by Crippen LogP contribution is -2.09. The van der Waals surface area contributed by atoms with E-state index >= 15 is 0 Å². The molecule has 0 fully saturated rings. The Kier molecular flexibility index (Phi) is 4.82. The molecule has 0 N–H and O–H groups in total. The molecule has 5 nitrogen and oxygen atoms in total. The highest BCUT2D eigenvalue weighted by Gasteiger charge is 2.27. The summed E-state index contributed by atoms with van der Waals surface area (Å²) in [5.41, 5.74) is 0.898. The van der Waals surface area contributed by atoms with E-state index in [4.69, 9.17) is 27.9 Å². The van der Waals surface area contributed by atoms with E-state index in [1.807, 2.05) is 0 Å². The van der Waals surface area contributed by atoms with Crippen LogP contribution in [0.25, 0.3) is 11.3 Å². The number of rotatable bonds is 3. The third-order valence-electron chi connectivity index (χ3n) is 2.65. The zero-order valence-electron chi connectivity index (χ0n) is 11.0. The van der Waals surface area contributed by atoms with Crippen LogP contribution in [-0.2, 0) is 9.47 Å². The van der Waals surface area contributed by atoms with Gasteiger partial charge in [-0.25, -0.2) is 9.59 Å². The summed E-state index contributed by atoms with van der Waals surface area (Å²) >= 11 is 12.7. The van der Waals surface area contributed by atoms with Gasteiger partial charge in [-0.3, -0.25) is 0 Å². The number of carbonyl (C=O) groups is 2. The van der Waals surface area contributed by atoms with Gasteiger partial charge < -0.3 is 9.47 Å². The number of hydrogen-bond acceptors (Lipinski definition) is 6. The maximum absolute atomic E-state index is 11.9. The summed E-state index contributed by atoms with van der Waals surface area (Å²) < 4.78 is 13.5. The Balaban J connectivity index is 2.63. The lowest BCUT2D eigenvalue weighted by molar-refractivity contribution is 0.0560. The molecule has 2 aromatic rings. The van der Waals surface area contributed by atoms with Gasteiger partial charge in [0.15, 0.2) is 0 Å². The van der Waals surface area contributed by atoms with Gasteiger partial charge in [0.25, 0.3) is 0 Å². The fourth-order valence-electron chi connectivity index (χ4n) is 1.65. The average molecular weight is 346 g/mol. The van der Waals surface area contributed by atoms with E-state index in [0.717, 1.165) is 11.5 Å². The molecule has 110 valence electrons. The molecule has 0 aliphatic rings. The second-order valence-electron chi connectivity index (χ2n) is 3.85. The van der Waals surface area contributed by atoms with Crippen LogP contribution in [0.3, 0.4) is 0 Å². The van der Waals surface area contributed by atoms with Crippen molar-refractivity contribution in [3.63, 3.8) is 0 Å². The second-order valence-corrected chi connectivity index (χ2v) is 5.44. The molecule has 0 unspecified atom stereocenters. The van der Waals surface area contributed by atoms with Crippen molar-refractivity contribution >= 4 is 46.7 Å². The van der Waals surface area contributed by atoms with Gasteiger partial charge in [0.05, 0.1) is 30.0 Å². The Labute approximate surface area is 134 Å². The fraction of sp³-hybridized carbons (Fsp3) is 0.154. The van der Waals surface area contributed by atoms with E-state index in [-0.39, 0.29) is 10.4 Å². The Hall–Kier alpha value is -1.63. The van der Waals surface area contributed by atoms with E-state index < -0.39 is 11.9 Å². The highest BCUT2D eigenvalue weighted by molar-refractivity contribution is 7.08. The van der Waals surface area contributed by atoms with Crippen LogP contribution < -0.4 is 0 Å². The number of esters is 2. The molecule has 0 atom stereocenters. The summed E-state index contributed by atoms with van der Waals surface area (Å²) in [5.74, 6) is -1.33. The van der Waals surface area contributed by atoms with Gasteiger partial charge in [0, 0.05) is 5.56 Å². The van der Waals surface area contributed by atoms with Crippen molar-refractivity contribution in [3.05, 3.63) is 38.7 Å². The largest absolute Gasteiger partial charge is 0.465 e. The van der Waals surface area contributed by atoms with Crippen molar-refractivity contribution in [2.45, 2.75) is 0 Å². The molecule has 0 bridgehead atoms. The summed E-state index contributed by atoms with van der Waals surface area (Å²) in [6, 6.07) is 4.79. The lowest BCUT2D eigenvalue weighted by Gasteiger charge is -2.04. The molecule has 2 rings (SSSR count). The van der Waals surface area contributed by atoms with E-state index in [1.54, 1.807) is 18.2 Å². The summed E-state index contributed by atoms with van der Waals surface area (Å²) in [4.78, 5) is 23.7. The Morgan fingerprint density at radius 2 is 1.76 bits per heavy atom. The molecule has 0 aliphatic carbocycles. The molecule has 0 saturated carbocycles. The number of aromatic nitrogens is 1. The minimum atomic E-state index is -0.676. The molecule has 1 heterocycles. The maximum Gasteiger partial charge on any atom is 0.350 e. The highest BCUT2D eigenvalue weighted by Crippen LogP contribution is 2.33. The zero-order chi connectivity index (χ0) is 15.6. The first-order valence-electron chi connectivity index (χ1n) is 5.61. The number of halogens is 2. The number of benzene rings is 1. The van der Waals surface area contributed by atoms with Crippen LogP contribution in [0.5, 0.6) is 0 Å². The zero-order valence-corrected chi connectivity index (χ0v) is 13.3. The first kappa shape index (κ1) is 15.8. The van der Waals surface area contributed by atoms with Gasteiger partial charge in [-0.2, -0.15) is 4.37 Å². The summed E-state index contributed by atoms with van der Waals surface area (Å²) in [6.45, 7) is 0.